The number of anilines is 2. The van der Waals surface area contributed by atoms with Gasteiger partial charge in [0.15, 0.2) is 0 Å². The third-order valence-corrected chi connectivity index (χ3v) is 6.37. The van der Waals surface area contributed by atoms with Crippen LogP contribution in [0.3, 0.4) is 0 Å². The molecule has 41 heavy (non-hydrogen) atoms. The summed E-state index contributed by atoms with van der Waals surface area (Å²) in [5.41, 5.74) is 5.24. The molecule has 2 aromatic carbocycles. The third-order valence-electron chi connectivity index (χ3n) is 6.37. The van der Waals surface area contributed by atoms with Gasteiger partial charge in [-0.2, -0.15) is 4.39 Å². The van der Waals surface area contributed by atoms with E-state index in [2.05, 4.69) is 25.9 Å². The van der Waals surface area contributed by atoms with Gasteiger partial charge in [0.1, 0.15) is 17.2 Å². The molecule has 11 heteroatoms. The lowest BCUT2D eigenvalue weighted by molar-refractivity contribution is -0.118. The second-order valence-electron chi connectivity index (χ2n) is 9.38. The molecule has 2 amide bonds. The van der Waals surface area contributed by atoms with Crippen molar-refractivity contribution in [3.8, 4) is 22.6 Å². The molecule has 3 aromatic heterocycles. The first-order valence-corrected chi connectivity index (χ1v) is 12.9. The molecular formula is C30H32FN7O3. The summed E-state index contributed by atoms with van der Waals surface area (Å²) in [4.78, 5) is 35.9. The van der Waals surface area contributed by atoms with Crippen molar-refractivity contribution in [2.45, 2.75) is 13.8 Å². The van der Waals surface area contributed by atoms with Crippen LogP contribution in [-0.2, 0) is 11.8 Å². The van der Waals surface area contributed by atoms with E-state index in [1.807, 2.05) is 54.9 Å². The predicted octanol–water partition coefficient (Wildman–Crippen LogP) is 5.37. The highest BCUT2D eigenvalue weighted by Crippen LogP contribution is 2.31. The molecule has 3 heterocycles. The maximum absolute atomic E-state index is 13.7. The molecule has 0 bridgehead atoms. The molecule has 10 nitrogen and oxygen atoms in total. The molecule has 5 aromatic rings. The Morgan fingerprint density at radius 3 is 2.54 bits per heavy atom. The van der Waals surface area contributed by atoms with Crippen LogP contribution in [0.5, 0.6) is 11.5 Å². The van der Waals surface area contributed by atoms with Crippen LogP contribution in [0.1, 0.15) is 25.8 Å². The highest BCUT2D eigenvalue weighted by atomic mass is 19.1. The lowest BCUT2D eigenvalue weighted by Gasteiger charge is -2.11. The standard InChI is InChI=1S/C30H28FN7O3.2H2/c1-18-4-5-21(15-24(18)20-8-10-34-28(31)14-20)36-30-37-25-16-22(6-7-27(25)38(30)3)41-23-9-11-33-26(17-23)29(40)35-13-12-32-19(2)39;;/h4-11,14-17H,12-13H2,1-3H3,(H,32,39)(H,35,40)(H,36,37);2*1H. The zero-order valence-corrected chi connectivity index (χ0v) is 22.7. The minimum Gasteiger partial charge on any atom is -0.457 e. The first-order valence-electron chi connectivity index (χ1n) is 12.9. The van der Waals surface area contributed by atoms with Crippen LogP contribution in [0, 0.1) is 12.9 Å². The summed E-state index contributed by atoms with van der Waals surface area (Å²) in [6, 6.07) is 17.8. The Hall–Kier alpha value is -5.32. The lowest BCUT2D eigenvalue weighted by Crippen LogP contribution is -2.33. The average Bonchev–Trinajstić information content (AvgIpc) is 3.26. The van der Waals surface area contributed by atoms with Gasteiger partial charge < -0.3 is 25.3 Å². The van der Waals surface area contributed by atoms with Gasteiger partial charge in [0, 0.05) is 66.2 Å². The molecule has 0 spiro atoms. The smallest absolute Gasteiger partial charge is 0.270 e. The van der Waals surface area contributed by atoms with Crippen molar-refractivity contribution in [1.29, 1.82) is 0 Å². The first-order chi connectivity index (χ1) is 19.8. The van der Waals surface area contributed by atoms with Gasteiger partial charge in [-0.3, -0.25) is 14.6 Å². The number of hydrogen-bond acceptors (Lipinski definition) is 7. The Kier molecular flexibility index (Phi) is 7.86. The number of halogens is 1. The number of carbonyl (C=O) groups excluding carboxylic acids is 2. The van der Waals surface area contributed by atoms with Crippen molar-refractivity contribution < 1.29 is 21.6 Å². The lowest BCUT2D eigenvalue weighted by atomic mass is 10.0. The molecule has 5 rings (SSSR count). The predicted molar refractivity (Wildman–Crippen MR) is 158 cm³/mol. The van der Waals surface area contributed by atoms with Gasteiger partial charge in [0.2, 0.25) is 17.8 Å². The zero-order chi connectivity index (χ0) is 28.9. The Labute approximate surface area is 238 Å². The molecule has 3 N–H and O–H groups in total. The minimum absolute atomic E-state index is 0. The number of imidazole rings is 1. The molecule has 0 aliphatic heterocycles. The van der Waals surface area contributed by atoms with Gasteiger partial charge in [-0.05, 0) is 60.0 Å². The first kappa shape index (κ1) is 27.3. The molecule has 0 unspecified atom stereocenters. The number of nitrogens with zero attached hydrogens (tertiary/aromatic N) is 4. The number of fused-ring (bicyclic) bond motifs is 1. The number of carbonyl (C=O) groups is 2. The molecule has 0 radical (unpaired) electrons. The Morgan fingerprint density at radius 1 is 0.951 bits per heavy atom. The van der Waals surface area contributed by atoms with Crippen molar-refractivity contribution in [3.05, 3.63) is 90.3 Å². The molecule has 0 fully saturated rings. The minimum atomic E-state index is -0.529. The van der Waals surface area contributed by atoms with E-state index in [0.29, 0.717) is 29.5 Å². The average molecular weight is 558 g/mol. The summed E-state index contributed by atoms with van der Waals surface area (Å²) in [6.45, 7) is 4.00. The van der Waals surface area contributed by atoms with Gasteiger partial charge in [-0.25, -0.2) is 9.97 Å². The second-order valence-corrected chi connectivity index (χ2v) is 9.38. The Balaban J connectivity index is 0.00000253. The SMILES string of the molecule is CC(=O)NCCNC(=O)c1cc(Oc2ccc3c(c2)nc(Nc2ccc(C)c(-c4ccnc(F)c4)c2)n3C)ccn1.[HH].[HH]. The van der Waals surface area contributed by atoms with E-state index in [1.165, 1.54) is 25.4 Å². The van der Waals surface area contributed by atoms with Gasteiger partial charge in [0.25, 0.3) is 5.91 Å². The number of rotatable bonds is 9. The molecule has 0 saturated carbocycles. The van der Waals surface area contributed by atoms with E-state index < -0.39 is 5.95 Å². The van der Waals surface area contributed by atoms with Crippen molar-refractivity contribution in [2.24, 2.45) is 7.05 Å². The third kappa shape index (κ3) is 6.47. The Morgan fingerprint density at radius 2 is 1.73 bits per heavy atom. The number of pyridine rings is 2. The summed E-state index contributed by atoms with van der Waals surface area (Å²) in [5, 5.41) is 8.68. The normalized spacial score (nSPS) is 10.8. The summed E-state index contributed by atoms with van der Waals surface area (Å²) in [6.07, 6.45) is 2.95. The van der Waals surface area contributed by atoms with Crippen LogP contribution >= 0.6 is 0 Å². The van der Waals surface area contributed by atoms with Crippen LogP contribution < -0.4 is 20.7 Å². The molecule has 0 aliphatic carbocycles. The van der Waals surface area contributed by atoms with E-state index in [1.54, 1.807) is 18.2 Å². The summed E-state index contributed by atoms with van der Waals surface area (Å²) < 4.78 is 21.7. The van der Waals surface area contributed by atoms with E-state index >= 15 is 0 Å². The second kappa shape index (κ2) is 11.8. The summed E-state index contributed by atoms with van der Waals surface area (Å²) in [7, 11) is 1.91. The fourth-order valence-electron chi connectivity index (χ4n) is 4.30. The van der Waals surface area contributed by atoms with Crippen LogP contribution in [0.4, 0.5) is 16.0 Å². The van der Waals surface area contributed by atoms with E-state index in [9.17, 15) is 14.0 Å². The number of hydrogen-bond donors (Lipinski definition) is 3. The van der Waals surface area contributed by atoms with Crippen LogP contribution in [0.15, 0.2) is 73.1 Å². The van der Waals surface area contributed by atoms with Crippen molar-refractivity contribution in [2.75, 3.05) is 18.4 Å². The Bertz CT molecular complexity index is 1760. The van der Waals surface area contributed by atoms with Crippen LogP contribution in [0.25, 0.3) is 22.2 Å². The summed E-state index contributed by atoms with van der Waals surface area (Å²) in [5.74, 6) is 0.547. The van der Waals surface area contributed by atoms with Crippen LogP contribution in [-0.4, -0.2) is 44.4 Å². The molecular weight excluding hydrogens is 525 g/mol. The molecule has 212 valence electrons. The van der Waals surface area contributed by atoms with Gasteiger partial charge in [-0.15, -0.1) is 0 Å². The number of nitrogens with one attached hydrogen (secondary N) is 3. The fraction of sp³-hybridized carbons (Fsp3) is 0.167. The molecule has 0 atom stereocenters. The number of aryl methyl sites for hydroxylation is 2. The number of ether oxygens (including phenoxy) is 1. The number of benzene rings is 2. The van der Waals surface area contributed by atoms with Crippen molar-refractivity contribution >= 4 is 34.5 Å². The largest absolute Gasteiger partial charge is 0.457 e. The molecule has 0 aliphatic rings. The number of amides is 2. The van der Waals surface area contributed by atoms with E-state index in [-0.39, 0.29) is 26.9 Å². The van der Waals surface area contributed by atoms with Crippen LogP contribution in [0.2, 0.25) is 0 Å². The van der Waals surface area contributed by atoms with Crippen molar-refractivity contribution in [1.82, 2.24) is 30.2 Å². The molecule has 0 saturated heterocycles. The highest BCUT2D eigenvalue weighted by Gasteiger charge is 2.13. The zero-order valence-electron chi connectivity index (χ0n) is 22.7. The quantitative estimate of drug-likeness (QED) is 0.164. The monoisotopic (exact) mass is 557 g/mol. The van der Waals surface area contributed by atoms with Gasteiger partial charge in [-0.1, -0.05) is 6.07 Å². The van der Waals surface area contributed by atoms with Gasteiger partial charge >= 0.3 is 0 Å². The van der Waals surface area contributed by atoms with Crippen molar-refractivity contribution in [3.63, 3.8) is 0 Å². The maximum atomic E-state index is 13.7. The highest BCUT2D eigenvalue weighted by molar-refractivity contribution is 5.92. The topological polar surface area (TPSA) is 123 Å². The maximum Gasteiger partial charge on any atom is 0.270 e. The summed E-state index contributed by atoms with van der Waals surface area (Å²) >= 11 is 0. The van der Waals surface area contributed by atoms with Gasteiger partial charge in [0.05, 0.1) is 11.0 Å². The fourth-order valence-corrected chi connectivity index (χ4v) is 4.30. The van der Waals surface area contributed by atoms with E-state index in [0.717, 1.165) is 27.9 Å². The number of aromatic nitrogens is 4. The van der Waals surface area contributed by atoms with E-state index in [4.69, 9.17) is 9.72 Å².